The van der Waals surface area contributed by atoms with Gasteiger partial charge in [0.2, 0.25) is 10.0 Å². The van der Waals surface area contributed by atoms with Crippen molar-refractivity contribution in [3.63, 3.8) is 0 Å². The number of hydrogen-bond acceptors (Lipinski definition) is 5. The topological polar surface area (TPSA) is 75.7 Å². The van der Waals surface area contributed by atoms with Gasteiger partial charge in [-0.25, -0.2) is 12.8 Å². The molecule has 9 heteroatoms. The molecule has 0 unspecified atom stereocenters. The lowest BCUT2D eigenvalue weighted by Gasteiger charge is -2.23. The molecule has 0 spiro atoms. The molecule has 0 heterocycles. The van der Waals surface area contributed by atoms with E-state index >= 15 is 0 Å². The van der Waals surface area contributed by atoms with Gasteiger partial charge in [-0.05, 0) is 48.7 Å². The second-order valence-electron chi connectivity index (χ2n) is 6.89. The number of benzene rings is 3. The monoisotopic (exact) mass is 474 g/mol. The van der Waals surface area contributed by atoms with Gasteiger partial charge in [0.25, 0.3) is 5.91 Å². The van der Waals surface area contributed by atoms with Crippen LogP contribution >= 0.6 is 11.8 Å². The number of thioether (sulfide) groups is 1. The van der Waals surface area contributed by atoms with Crippen molar-refractivity contribution in [2.75, 3.05) is 28.7 Å². The van der Waals surface area contributed by atoms with Crippen molar-refractivity contribution in [3.8, 4) is 5.75 Å². The van der Waals surface area contributed by atoms with Crippen LogP contribution in [0.4, 0.5) is 15.8 Å². The lowest BCUT2D eigenvalue weighted by atomic mass is 10.2. The number of sulfonamides is 1. The van der Waals surface area contributed by atoms with E-state index in [4.69, 9.17) is 4.74 Å². The minimum atomic E-state index is -3.65. The van der Waals surface area contributed by atoms with Gasteiger partial charge in [0.15, 0.2) is 6.61 Å². The van der Waals surface area contributed by atoms with Gasteiger partial charge >= 0.3 is 0 Å². The van der Waals surface area contributed by atoms with Crippen molar-refractivity contribution in [1.29, 1.82) is 0 Å². The molecule has 3 aromatic carbocycles. The van der Waals surface area contributed by atoms with Gasteiger partial charge < -0.3 is 10.1 Å². The second-order valence-corrected chi connectivity index (χ2v) is 9.65. The van der Waals surface area contributed by atoms with Crippen LogP contribution in [0.5, 0.6) is 5.75 Å². The van der Waals surface area contributed by atoms with Crippen molar-refractivity contribution in [2.45, 2.75) is 11.4 Å². The van der Waals surface area contributed by atoms with E-state index < -0.39 is 15.8 Å². The highest BCUT2D eigenvalue weighted by molar-refractivity contribution is 7.98. The Labute approximate surface area is 191 Å². The fourth-order valence-corrected chi connectivity index (χ4v) is 4.40. The normalized spacial score (nSPS) is 11.1. The highest BCUT2D eigenvalue weighted by atomic mass is 32.2. The zero-order chi connectivity index (χ0) is 23.1. The van der Waals surface area contributed by atoms with E-state index in [1.165, 1.54) is 17.8 Å². The molecule has 0 aromatic heterocycles. The smallest absolute Gasteiger partial charge is 0.262 e. The van der Waals surface area contributed by atoms with Gasteiger partial charge in [-0.3, -0.25) is 9.10 Å². The van der Waals surface area contributed by atoms with Crippen LogP contribution in [0.15, 0.2) is 77.7 Å². The quantitative estimate of drug-likeness (QED) is 0.461. The van der Waals surface area contributed by atoms with Crippen LogP contribution in [-0.2, 0) is 21.4 Å². The van der Waals surface area contributed by atoms with E-state index in [2.05, 4.69) is 5.32 Å². The zero-order valence-electron chi connectivity index (χ0n) is 17.6. The maximum absolute atomic E-state index is 14.0. The molecule has 0 radical (unpaired) electrons. The summed E-state index contributed by atoms with van der Waals surface area (Å²) in [4.78, 5) is 13.2. The Bertz CT molecular complexity index is 1180. The first-order valence-electron chi connectivity index (χ1n) is 9.65. The van der Waals surface area contributed by atoms with Crippen molar-refractivity contribution < 1.29 is 22.3 Å². The summed E-state index contributed by atoms with van der Waals surface area (Å²) in [6, 6.07) is 19.7. The molecular formula is C23H23FN2O4S2. The summed E-state index contributed by atoms with van der Waals surface area (Å²) in [5, 5.41) is 2.81. The first kappa shape index (κ1) is 23.6. The Balaban J connectivity index is 1.66. The largest absolute Gasteiger partial charge is 0.484 e. The zero-order valence-corrected chi connectivity index (χ0v) is 19.3. The van der Waals surface area contributed by atoms with Crippen LogP contribution in [0.25, 0.3) is 0 Å². The number of halogens is 1. The molecule has 0 aliphatic carbocycles. The SMILES string of the molecule is CSc1ccccc1NC(=O)COc1ccc(N(Cc2ccccc2F)S(C)(=O)=O)cc1. The number of para-hydroxylation sites is 1. The van der Waals surface area contributed by atoms with Crippen LogP contribution in [0, 0.1) is 5.82 Å². The molecule has 0 atom stereocenters. The van der Waals surface area contributed by atoms with Crippen molar-refractivity contribution in [1.82, 2.24) is 0 Å². The van der Waals surface area contributed by atoms with Gasteiger partial charge in [0, 0.05) is 10.5 Å². The number of ether oxygens (including phenoxy) is 1. The Hall–Kier alpha value is -3.04. The van der Waals surface area contributed by atoms with Crippen molar-refractivity contribution >= 4 is 39.1 Å². The van der Waals surface area contributed by atoms with E-state index in [0.29, 0.717) is 17.1 Å². The highest BCUT2D eigenvalue weighted by Gasteiger charge is 2.19. The number of carbonyl (C=O) groups excluding carboxylic acids is 1. The average molecular weight is 475 g/mol. The lowest BCUT2D eigenvalue weighted by Crippen LogP contribution is -2.29. The predicted octanol–water partition coefficient (Wildman–Crippen LogP) is 4.53. The Morgan fingerprint density at radius 3 is 2.34 bits per heavy atom. The van der Waals surface area contributed by atoms with Gasteiger partial charge in [-0.15, -0.1) is 11.8 Å². The summed E-state index contributed by atoms with van der Waals surface area (Å²) >= 11 is 1.53. The van der Waals surface area contributed by atoms with Gasteiger partial charge in [0.05, 0.1) is 24.2 Å². The minimum Gasteiger partial charge on any atom is -0.484 e. The van der Waals surface area contributed by atoms with Crippen LogP contribution < -0.4 is 14.4 Å². The summed E-state index contributed by atoms with van der Waals surface area (Å²) in [6.45, 7) is -0.337. The molecule has 0 saturated carbocycles. The number of nitrogens with one attached hydrogen (secondary N) is 1. The molecule has 6 nitrogen and oxygen atoms in total. The maximum Gasteiger partial charge on any atom is 0.262 e. The fourth-order valence-electron chi connectivity index (χ4n) is 2.97. The average Bonchev–Trinajstić information content (AvgIpc) is 2.77. The standard InChI is InChI=1S/C23H23FN2O4S2/c1-31-22-10-6-5-9-21(22)25-23(27)16-30-19-13-11-18(12-14-19)26(32(2,28)29)15-17-7-3-4-8-20(17)24/h3-14H,15-16H2,1-2H3,(H,25,27). The number of rotatable bonds is 9. The predicted molar refractivity (Wildman–Crippen MR) is 126 cm³/mol. The van der Waals surface area contributed by atoms with E-state index in [1.54, 1.807) is 42.5 Å². The summed E-state index contributed by atoms with van der Waals surface area (Å²) in [6.07, 6.45) is 2.99. The maximum atomic E-state index is 14.0. The van der Waals surface area contributed by atoms with Crippen LogP contribution in [-0.4, -0.2) is 33.4 Å². The number of carbonyl (C=O) groups is 1. The highest BCUT2D eigenvalue weighted by Crippen LogP contribution is 2.26. The van der Waals surface area contributed by atoms with Crippen LogP contribution in [0.3, 0.4) is 0 Å². The number of anilines is 2. The second kappa shape index (κ2) is 10.5. The molecule has 1 amide bonds. The molecule has 0 bridgehead atoms. The molecule has 1 N–H and O–H groups in total. The molecular weight excluding hydrogens is 451 g/mol. The van der Waals surface area contributed by atoms with Crippen LogP contribution in [0.1, 0.15) is 5.56 Å². The first-order valence-corrected chi connectivity index (χ1v) is 12.7. The molecule has 168 valence electrons. The third-order valence-electron chi connectivity index (χ3n) is 4.55. The van der Waals surface area contributed by atoms with E-state index in [-0.39, 0.29) is 24.6 Å². The van der Waals surface area contributed by atoms with E-state index in [9.17, 15) is 17.6 Å². The Kier molecular flexibility index (Phi) is 7.76. The summed E-state index contributed by atoms with van der Waals surface area (Å²) < 4.78 is 45.2. The summed E-state index contributed by atoms with van der Waals surface area (Å²) in [7, 11) is -3.65. The van der Waals surface area contributed by atoms with Crippen LogP contribution in [0.2, 0.25) is 0 Å². The summed E-state index contributed by atoms with van der Waals surface area (Å²) in [5.74, 6) is -0.385. The van der Waals surface area contributed by atoms with Crippen molar-refractivity contribution in [3.05, 3.63) is 84.2 Å². The Morgan fingerprint density at radius 1 is 1.03 bits per heavy atom. The fraction of sp³-hybridized carbons (Fsp3) is 0.174. The molecule has 32 heavy (non-hydrogen) atoms. The number of nitrogens with zero attached hydrogens (tertiary/aromatic N) is 1. The summed E-state index contributed by atoms with van der Waals surface area (Å²) in [5.41, 5.74) is 1.34. The number of amides is 1. The van der Waals surface area contributed by atoms with Crippen molar-refractivity contribution in [2.24, 2.45) is 0 Å². The first-order chi connectivity index (χ1) is 15.3. The van der Waals surface area contributed by atoms with Gasteiger partial charge in [-0.1, -0.05) is 30.3 Å². The minimum absolute atomic E-state index is 0.136. The molecule has 0 aliphatic heterocycles. The third kappa shape index (κ3) is 6.24. The molecule has 3 rings (SSSR count). The van der Waals surface area contributed by atoms with Gasteiger partial charge in [0.1, 0.15) is 11.6 Å². The molecule has 0 fully saturated rings. The molecule has 0 saturated heterocycles. The Morgan fingerprint density at radius 2 is 1.69 bits per heavy atom. The third-order valence-corrected chi connectivity index (χ3v) is 6.48. The van der Waals surface area contributed by atoms with E-state index in [1.807, 2.05) is 30.5 Å². The van der Waals surface area contributed by atoms with E-state index in [0.717, 1.165) is 15.5 Å². The molecule has 3 aromatic rings. The number of hydrogen-bond donors (Lipinski definition) is 1. The van der Waals surface area contributed by atoms with Gasteiger partial charge in [-0.2, -0.15) is 0 Å². The lowest BCUT2D eigenvalue weighted by molar-refractivity contribution is -0.118. The molecule has 0 aliphatic rings.